The van der Waals surface area contributed by atoms with Crippen LogP contribution in [0.4, 0.5) is 0 Å². The molecule has 8 nitrogen and oxygen atoms in total. The highest BCUT2D eigenvalue weighted by molar-refractivity contribution is 7.89. The minimum atomic E-state index is -3.76. The van der Waals surface area contributed by atoms with Crippen molar-refractivity contribution in [2.75, 3.05) is 27.3 Å². The lowest BCUT2D eigenvalue weighted by molar-refractivity contribution is 0.124. The van der Waals surface area contributed by atoms with E-state index in [-0.39, 0.29) is 23.3 Å². The van der Waals surface area contributed by atoms with Gasteiger partial charge >= 0.3 is 0 Å². The molecule has 2 aromatic rings. The highest BCUT2D eigenvalue weighted by atomic mass is 32.2. The Morgan fingerprint density at radius 1 is 1.19 bits per heavy atom. The molecule has 0 saturated carbocycles. The SMILES string of the molecule is COc1ccc(OC)c(S(=O)(=O)N2CCCC(Oc3ccnc(C)n3)C2)c1. The Morgan fingerprint density at radius 3 is 2.70 bits per heavy atom. The zero-order valence-corrected chi connectivity index (χ0v) is 16.4. The second kappa shape index (κ2) is 8.10. The van der Waals surface area contributed by atoms with Crippen molar-refractivity contribution in [1.82, 2.24) is 14.3 Å². The van der Waals surface area contributed by atoms with E-state index in [2.05, 4.69) is 9.97 Å². The summed E-state index contributed by atoms with van der Waals surface area (Å²) in [6.45, 7) is 2.44. The number of aromatic nitrogens is 2. The van der Waals surface area contributed by atoms with Crippen molar-refractivity contribution >= 4 is 10.0 Å². The van der Waals surface area contributed by atoms with Crippen LogP contribution in [-0.2, 0) is 10.0 Å². The maximum atomic E-state index is 13.2. The summed E-state index contributed by atoms with van der Waals surface area (Å²) in [6, 6.07) is 6.41. The molecule has 0 radical (unpaired) electrons. The van der Waals surface area contributed by atoms with Gasteiger partial charge < -0.3 is 14.2 Å². The van der Waals surface area contributed by atoms with Gasteiger partial charge in [-0.25, -0.2) is 13.4 Å². The number of ether oxygens (including phenoxy) is 3. The average Bonchev–Trinajstić information content (AvgIpc) is 2.67. The Balaban J connectivity index is 1.82. The normalized spacial score (nSPS) is 18.1. The highest BCUT2D eigenvalue weighted by Gasteiger charge is 2.33. The van der Waals surface area contributed by atoms with Crippen LogP contribution in [0.25, 0.3) is 0 Å². The molecule has 1 saturated heterocycles. The molecular weight excluding hydrogens is 370 g/mol. The molecule has 0 amide bonds. The largest absolute Gasteiger partial charge is 0.497 e. The number of hydrogen-bond donors (Lipinski definition) is 0. The summed E-state index contributed by atoms with van der Waals surface area (Å²) in [5.74, 6) is 1.79. The summed E-state index contributed by atoms with van der Waals surface area (Å²) in [7, 11) is -0.818. The van der Waals surface area contributed by atoms with Crippen LogP contribution in [0, 0.1) is 6.92 Å². The molecule has 1 atom stereocenters. The first-order chi connectivity index (χ1) is 12.9. The molecule has 2 heterocycles. The third-order valence-corrected chi connectivity index (χ3v) is 6.25. The third-order valence-electron chi connectivity index (χ3n) is 4.37. The fourth-order valence-corrected chi connectivity index (χ4v) is 4.70. The summed E-state index contributed by atoms with van der Waals surface area (Å²) < 4.78 is 44.1. The van der Waals surface area contributed by atoms with Gasteiger partial charge in [-0.1, -0.05) is 0 Å². The predicted molar refractivity (Wildman–Crippen MR) is 98.7 cm³/mol. The molecule has 146 valence electrons. The van der Waals surface area contributed by atoms with Gasteiger partial charge in [0.15, 0.2) is 0 Å². The molecule has 1 aliphatic rings. The Kier molecular flexibility index (Phi) is 5.81. The zero-order chi connectivity index (χ0) is 19.4. The van der Waals surface area contributed by atoms with E-state index in [1.54, 1.807) is 31.3 Å². The first-order valence-electron chi connectivity index (χ1n) is 8.62. The fraction of sp³-hybridized carbons (Fsp3) is 0.444. The monoisotopic (exact) mass is 393 g/mol. The predicted octanol–water partition coefficient (Wildman–Crippen LogP) is 2.03. The molecule has 3 rings (SSSR count). The molecule has 1 aromatic heterocycles. The topological polar surface area (TPSA) is 90.9 Å². The van der Waals surface area contributed by atoms with Gasteiger partial charge in [0.2, 0.25) is 15.9 Å². The van der Waals surface area contributed by atoms with Crippen molar-refractivity contribution in [2.24, 2.45) is 0 Å². The molecular formula is C18H23N3O5S. The van der Waals surface area contributed by atoms with Crippen LogP contribution < -0.4 is 14.2 Å². The fourth-order valence-electron chi connectivity index (χ4n) is 3.02. The number of benzene rings is 1. The summed E-state index contributed by atoms with van der Waals surface area (Å²) >= 11 is 0. The van der Waals surface area contributed by atoms with Gasteiger partial charge in [0.05, 0.1) is 20.8 Å². The summed E-state index contributed by atoms with van der Waals surface area (Å²) in [4.78, 5) is 8.35. The van der Waals surface area contributed by atoms with E-state index in [1.807, 2.05) is 0 Å². The minimum Gasteiger partial charge on any atom is -0.497 e. The first kappa shape index (κ1) is 19.4. The van der Waals surface area contributed by atoms with Crippen molar-refractivity contribution in [2.45, 2.75) is 30.8 Å². The van der Waals surface area contributed by atoms with Gasteiger partial charge in [0.1, 0.15) is 28.3 Å². The summed E-state index contributed by atoms with van der Waals surface area (Å²) in [5, 5.41) is 0. The van der Waals surface area contributed by atoms with E-state index in [0.717, 1.165) is 6.42 Å². The van der Waals surface area contributed by atoms with Gasteiger partial charge in [-0.2, -0.15) is 9.29 Å². The smallest absolute Gasteiger partial charge is 0.247 e. The van der Waals surface area contributed by atoms with E-state index in [1.165, 1.54) is 24.6 Å². The third kappa shape index (κ3) is 4.30. The van der Waals surface area contributed by atoms with Crippen molar-refractivity contribution in [1.29, 1.82) is 0 Å². The highest BCUT2D eigenvalue weighted by Crippen LogP contribution is 2.32. The van der Waals surface area contributed by atoms with Crippen LogP contribution in [0.5, 0.6) is 17.4 Å². The molecule has 0 bridgehead atoms. The minimum absolute atomic E-state index is 0.0860. The van der Waals surface area contributed by atoms with E-state index in [0.29, 0.717) is 30.4 Å². The van der Waals surface area contributed by atoms with E-state index >= 15 is 0 Å². The number of sulfonamides is 1. The second-order valence-corrected chi connectivity index (χ2v) is 8.11. The summed E-state index contributed by atoms with van der Waals surface area (Å²) in [6.07, 6.45) is 2.79. The second-order valence-electron chi connectivity index (χ2n) is 6.20. The Hall–Kier alpha value is -2.39. The number of aryl methyl sites for hydroxylation is 1. The van der Waals surface area contributed by atoms with Crippen LogP contribution in [0.2, 0.25) is 0 Å². The molecule has 0 spiro atoms. The van der Waals surface area contributed by atoms with Gasteiger partial charge in [0, 0.05) is 24.9 Å². The number of rotatable bonds is 6. The molecule has 0 N–H and O–H groups in total. The lowest BCUT2D eigenvalue weighted by Crippen LogP contribution is -2.44. The quantitative estimate of drug-likeness (QED) is 0.742. The zero-order valence-electron chi connectivity index (χ0n) is 15.6. The van der Waals surface area contributed by atoms with E-state index in [4.69, 9.17) is 14.2 Å². The Labute approximate surface area is 159 Å². The van der Waals surface area contributed by atoms with Crippen molar-refractivity contribution in [3.05, 3.63) is 36.3 Å². The standard InChI is InChI=1S/C18H23N3O5S/c1-13-19-9-8-18(20-13)26-15-5-4-10-21(12-15)27(22,23)17-11-14(24-2)6-7-16(17)25-3/h6-9,11,15H,4-5,10,12H2,1-3H3. The number of nitrogens with zero attached hydrogens (tertiary/aromatic N) is 3. The summed E-state index contributed by atoms with van der Waals surface area (Å²) in [5.41, 5.74) is 0. The Morgan fingerprint density at radius 2 is 2.00 bits per heavy atom. The number of methoxy groups -OCH3 is 2. The van der Waals surface area contributed by atoms with E-state index in [9.17, 15) is 8.42 Å². The molecule has 9 heteroatoms. The van der Waals surface area contributed by atoms with Crippen molar-refractivity contribution < 1.29 is 22.6 Å². The van der Waals surface area contributed by atoms with E-state index < -0.39 is 10.0 Å². The number of piperidine rings is 1. The number of hydrogen-bond acceptors (Lipinski definition) is 7. The molecule has 1 aromatic carbocycles. The molecule has 1 aliphatic heterocycles. The van der Waals surface area contributed by atoms with Gasteiger partial charge in [-0.3, -0.25) is 0 Å². The lowest BCUT2D eigenvalue weighted by Gasteiger charge is -2.32. The molecule has 0 aliphatic carbocycles. The van der Waals surface area contributed by atoms with Gasteiger partial charge in [-0.15, -0.1) is 0 Å². The van der Waals surface area contributed by atoms with Crippen LogP contribution in [-0.4, -0.2) is 56.1 Å². The van der Waals surface area contributed by atoms with Crippen molar-refractivity contribution in [3.63, 3.8) is 0 Å². The molecule has 1 unspecified atom stereocenters. The van der Waals surface area contributed by atoms with Crippen LogP contribution in [0.1, 0.15) is 18.7 Å². The molecule has 27 heavy (non-hydrogen) atoms. The van der Waals surface area contributed by atoms with Gasteiger partial charge in [0.25, 0.3) is 0 Å². The van der Waals surface area contributed by atoms with Gasteiger partial charge in [-0.05, 0) is 31.9 Å². The van der Waals surface area contributed by atoms with Crippen LogP contribution >= 0.6 is 0 Å². The van der Waals surface area contributed by atoms with Crippen LogP contribution in [0.15, 0.2) is 35.4 Å². The van der Waals surface area contributed by atoms with Crippen LogP contribution in [0.3, 0.4) is 0 Å². The van der Waals surface area contributed by atoms with Crippen molar-refractivity contribution in [3.8, 4) is 17.4 Å². The maximum Gasteiger partial charge on any atom is 0.247 e. The maximum absolute atomic E-state index is 13.2. The molecule has 1 fully saturated rings. The average molecular weight is 393 g/mol. The first-order valence-corrected chi connectivity index (χ1v) is 10.1. The lowest BCUT2D eigenvalue weighted by atomic mass is 10.1. The Bertz CT molecular complexity index is 904.